The quantitative estimate of drug-likeness (QED) is 0.749. The summed E-state index contributed by atoms with van der Waals surface area (Å²) in [6, 6.07) is 0.640. The highest BCUT2D eigenvalue weighted by molar-refractivity contribution is 4.73. The van der Waals surface area contributed by atoms with Gasteiger partial charge in [0.25, 0.3) is 0 Å². The van der Waals surface area contributed by atoms with Gasteiger partial charge in [-0.05, 0) is 50.7 Å². The van der Waals surface area contributed by atoms with E-state index in [2.05, 4.69) is 37.9 Å². The molecule has 1 fully saturated rings. The van der Waals surface area contributed by atoms with Crippen molar-refractivity contribution in [1.29, 1.82) is 0 Å². The number of nitrogens with one attached hydrogen (secondary N) is 1. The summed E-state index contributed by atoms with van der Waals surface area (Å²) in [5, 5.41) is 3.52. The second kappa shape index (κ2) is 7.29. The third-order valence-electron chi connectivity index (χ3n) is 3.44. The Labute approximate surface area is 102 Å². The molecule has 2 nitrogen and oxygen atoms in total. The molecule has 96 valence electrons. The molecule has 0 radical (unpaired) electrons. The Balaban J connectivity index is 2.07. The van der Waals surface area contributed by atoms with Crippen LogP contribution in [0, 0.1) is 11.8 Å². The minimum Gasteiger partial charge on any atom is -0.315 e. The molecule has 0 atom stereocenters. The van der Waals surface area contributed by atoms with Crippen LogP contribution in [-0.2, 0) is 0 Å². The maximum absolute atomic E-state index is 3.52. The molecule has 0 saturated carbocycles. The Hall–Kier alpha value is -0.0800. The first-order chi connectivity index (χ1) is 7.58. The molecule has 0 aromatic rings. The van der Waals surface area contributed by atoms with E-state index in [1.54, 1.807) is 0 Å². The van der Waals surface area contributed by atoms with Gasteiger partial charge in [-0.1, -0.05) is 27.7 Å². The van der Waals surface area contributed by atoms with Gasteiger partial charge in [0.2, 0.25) is 0 Å². The van der Waals surface area contributed by atoms with Crippen molar-refractivity contribution in [2.24, 2.45) is 11.8 Å². The minimum atomic E-state index is 0.640. The Bertz CT molecular complexity index is 170. The average Bonchev–Trinajstić information content (AvgIpc) is 2.19. The molecule has 1 aliphatic heterocycles. The van der Waals surface area contributed by atoms with Crippen molar-refractivity contribution in [1.82, 2.24) is 10.2 Å². The van der Waals surface area contributed by atoms with Crippen LogP contribution in [0.25, 0.3) is 0 Å². The monoisotopic (exact) mass is 226 g/mol. The van der Waals surface area contributed by atoms with Gasteiger partial charge < -0.3 is 10.2 Å². The molecule has 0 amide bonds. The van der Waals surface area contributed by atoms with Crippen LogP contribution in [0.2, 0.25) is 0 Å². The zero-order valence-corrected chi connectivity index (χ0v) is 11.6. The normalized spacial score (nSPS) is 19.9. The fourth-order valence-electron chi connectivity index (χ4n) is 2.55. The lowest BCUT2D eigenvalue weighted by atomic mass is 9.93. The van der Waals surface area contributed by atoms with Crippen LogP contribution in [0.1, 0.15) is 47.0 Å². The first kappa shape index (κ1) is 14.0. The van der Waals surface area contributed by atoms with Gasteiger partial charge in [-0.25, -0.2) is 0 Å². The van der Waals surface area contributed by atoms with E-state index in [0.29, 0.717) is 6.04 Å². The summed E-state index contributed by atoms with van der Waals surface area (Å²) in [6.07, 6.45) is 4.19. The van der Waals surface area contributed by atoms with Crippen molar-refractivity contribution in [2.45, 2.75) is 53.0 Å². The van der Waals surface area contributed by atoms with Gasteiger partial charge in [0.1, 0.15) is 0 Å². The molecule has 0 spiro atoms. The zero-order chi connectivity index (χ0) is 12.0. The fourth-order valence-corrected chi connectivity index (χ4v) is 2.55. The summed E-state index contributed by atoms with van der Waals surface area (Å²) in [5.74, 6) is 1.79. The lowest BCUT2D eigenvalue weighted by Gasteiger charge is -2.33. The predicted octanol–water partition coefficient (Wildman–Crippen LogP) is 2.74. The molecule has 0 aromatic carbocycles. The highest BCUT2D eigenvalue weighted by atomic mass is 15.1. The molecule has 1 N–H and O–H groups in total. The molecule has 1 saturated heterocycles. The van der Waals surface area contributed by atoms with E-state index in [0.717, 1.165) is 11.8 Å². The van der Waals surface area contributed by atoms with Crippen molar-refractivity contribution in [3.8, 4) is 0 Å². The minimum absolute atomic E-state index is 0.640. The number of likely N-dealkylation sites (tertiary alicyclic amines) is 1. The van der Waals surface area contributed by atoms with Crippen LogP contribution >= 0.6 is 0 Å². The van der Waals surface area contributed by atoms with E-state index in [1.165, 1.54) is 45.4 Å². The van der Waals surface area contributed by atoms with E-state index >= 15 is 0 Å². The van der Waals surface area contributed by atoms with Gasteiger partial charge in [-0.3, -0.25) is 0 Å². The molecular formula is C14H30N2. The average molecular weight is 226 g/mol. The molecular weight excluding hydrogens is 196 g/mol. The lowest BCUT2D eigenvalue weighted by Crippen LogP contribution is -2.37. The van der Waals surface area contributed by atoms with Gasteiger partial charge in [-0.15, -0.1) is 0 Å². The Morgan fingerprint density at radius 1 is 1.12 bits per heavy atom. The zero-order valence-electron chi connectivity index (χ0n) is 11.6. The second-order valence-corrected chi connectivity index (χ2v) is 6.04. The van der Waals surface area contributed by atoms with Crippen molar-refractivity contribution in [3.05, 3.63) is 0 Å². The van der Waals surface area contributed by atoms with E-state index in [1.807, 2.05) is 0 Å². The highest BCUT2D eigenvalue weighted by Crippen LogP contribution is 2.20. The van der Waals surface area contributed by atoms with E-state index in [-0.39, 0.29) is 0 Å². The summed E-state index contributed by atoms with van der Waals surface area (Å²) in [7, 11) is 0. The van der Waals surface area contributed by atoms with Gasteiger partial charge in [0.15, 0.2) is 0 Å². The maximum atomic E-state index is 3.52. The van der Waals surface area contributed by atoms with Crippen LogP contribution in [0.4, 0.5) is 0 Å². The number of hydrogen-bond donors (Lipinski definition) is 1. The Morgan fingerprint density at radius 3 is 2.25 bits per heavy atom. The van der Waals surface area contributed by atoms with Gasteiger partial charge in [0.05, 0.1) is 0 Å². The summed E-state index contributed by atoms with van der Waals surface area (Å²) in [4.78, 5) is 2.64. The van der Waals surface area contributed by atoms with Crippen LogP contribution < -0.4 is 5.32 Å². The predicted molar refractivity (Wildman–Crippen MR) is 71.8 cm³/mol. The van der Waals surface area contributed by atoms with Crippen molar-refractivity contribution >= 4 is 0 Å². The largest absolute Gasteiger partial charge is 0.315 e. The number of nitrogens with zero attached hydrogens (tertiary/aromatic N) is 1. The molecule has 1 rings (SSSR count). The molecule has 2 heteroatoms. The molecule has 1 heterocycles. The van der Waals surface area contributed by atoms with E-state index in [9.17, 15) is 0 Å². The summed E-state index contributed by atoms with van der Waals surface area (Å²) in [6.45, 7) is 14.2. The van der Waals surface area contributed by atoms with Crippen LogP contribution in [0.3, 0.4) is 0 Å². The molecule has 0 aromatic heterocycles. The number of hydrogen-bond acceptors (Lipinski definition) is 2. The standard InChI is InChI=1S/C14H30N2/c1-12(2)11-16-9-6-14(7-10-16)5-8-15-13(3)4/h12-15H,5-11H2,1-4H3. The summed E-state index contributed by atoms with van der Waals surface area (Å²) in [5.41, 5.74) is 0. The van der Waals surface area contributed by atoms with Crippen LogP contribution in [0.5, 0.6) is 0 Å². The van der Waals surface area contributed by atoms with Gasteiger partial charge in [0, 0.05) is 12.6 Å². The Morgan fingerprint density at radius 2 is 1.75 bits per heavy atom. The third-order valence-corrected chi connectivity index (χ3v) is 3.44. The van der Waals surface area contributed by atoms with Gasteiger partial charge in [-0.2, -0.15) is 0 Å². The van der Waals surface area contributed by atoms with E-state index < -0.39 is 0 Å². The lowest BCUT2D eigenvalue weighted by molar-refractivity contribution is 0.163. The molecule has 1 aliphatic rings. The molecule has 0 aliphatic carbocycles. The third kappa shape index (κ3) is 5.86. The Kier molecular flexibility index (Phi) is 6.37. The molecule has 0 unspecified atom stereocenters. The maximum Gasteiger partial charge on any atom is 0.00103 e. The van der Waals surface area contributed by atoms with E-state index in [4.69, 9.17) is 0 Å². The number of piperidine rings is 1. The summed E-state index contributed by atoms with van der Waals surface area (Å²) >= 11 is 0. The highest BCUT2D eigenvalue weighted by Gasteiger charge is 2.19. The second-order valence-electron chi connectivity index (χ2n) is 6.04. The first-order valence-electron chi connectivity index (χ1n) is 7.03. The van der Waals surface area contributed by atoms with Gasteiger partial charge >= 0.3 is 0 Å². The fraction of sp³-hybridized carbons (Fsp3) is 1.00. The van der Waals surface area contributed by atoms with Crippen molar-refractivity contribution in [2.75, 3.05) is 26.2 Å². The molecule has 0 bridgehead atoms. The summed E-state index contributed by atoms with van der Waals surface area (Å²) < 4.78 is 0. The van der Waals surface area contributed by atoms with Crippen LogP contribution in [-0.4, -0.2) is 37.1 Å². The molecule has 16 heavy (non-hydrogen) atoms. The first-order valence-corrected chi connectivity index (χ1v) is 7.03. The smallest absolute Gasteiger partial charge is 0.00103 e. The number of rotatable bonds is 6. The SMILES string of the molecule is CC(C)CN1CCC(CCNC(C)C)CC1. The van der Waals surface area contributed by atoms with Crippen molar-refractivity contribution in [3.63, 3.8) is 0 Å². The van der Waals surface area contributed by atoms with Crippen LogP contribution in [0.15, 0.2) is 0 Å². The van der Waals surface area contributed by atoms with Crippen molar-refractivity contribution < 1.29 is 0 Å². The topological polar surface area (TPSA) is 15.3 Å².